The highest BCUT2D eigenvalue weighted by molar-refractivity contribution is 5.66. The molecule has 0 unspecified atom stereocenters. The Bertz CT molecular complexity index is 418. The van der Waals surface area contributed by atoms with Gasteiger partial charge in [-0.05, 0) is 23.8 Å². The van der Waals surface area contributed by atoms with Crippen molar-refractivity contribution in [3.05, 3.63) is 48.1 Å². The number of benzene rings is 1. The first-order valence-corrected chi connectivity index (χ1v) is 6.17. The normalized spacial score (nSPS) is 11.3. The number of carbonyl (C=O) groups is 1. The van der Waals surface area contributed by atoms with Crippen LogP contribution in [0.1, 0.15) is 5.56 Å². The number of aliphatic hydroxyl groups is 2. The van der Waals surface area contributed by atoms with Crippen molar-refractivity contribution in [1.82, 2.24) is 0 Å². The zero-order valence-corrected chi connectivity index (χ0v) is 10.8. The number of nitrogens with zero attached hydrogens (tertiary/aromatic N) is 1. The molecule has 102 valence electrons. The summed E-state index contributed by atoms with van der Waals surface area (Å²) in [5.41, 5.74) is 1.98. The first-order chi connectivity index (χ1) is 9.31. The van der Waals surface area contributed by atoms with Gasteiger partial charge in [-0.3, -0.25) is 4.79 Å². The highest BCUT2D eigenvalue weighted by Crippen LogP contribution is 2.15. The molecule has 0 aromatic heterocycles. The molecule has 0 heterocycles. The third kappa shape index (κ3) is 5.50. The van der Waals surface area contributed by atoms with Crippen molar-refractivity contribution in [1.29, 1.82) is 0 Å². The Morgan fingerprint density at radius 3 is 2.11 bits per heavy atom. The Morgan fingerprint density at radius 2 is 1.58 bits per heavy atom. The average Bonchev–Trinajstić information content (AvgIpc) is 2.44. The molecular formula is C15H19NO3. The summed E-state index contributed by atoms with van der Waals surface area (Å²) < 4.78 is 0. The molecule has 4 heteroatoms. The van der Waals surface area contributed by atoms with E-state index in [9.17, 15) is 4.79 Å². The van der Waals surface area contributed by atoms with E-state index < -0.39 is 0 Å². The van der Waals surface area contributed by atoms with Gasteiger partial charge in [-0.25, -0.2) is 0 Å². The fourth-order valence-electron chi connectivity index (χ4n) is 1.68. The number of aldehydes is 1. The Hall–Kier alpha value is -1.91. The van der Waals surface area contributed by atoms with E-state index in [0.717, 1.165) is 17.5 Å². The van der Waals surface area contributed by atoms with Gasteiger partial charge < -0.3 is 15.1 Å². The highest BCUT2D eigenvalue weighted by atomic mass is 16.3. The molecule has 1 aromatic rings. The summed E-state index contributed by atoms with van der Waals surface area (Å²) in [6.45, 7) is 1.10. The Morgan fingerprint density at radius 1 is 0.947 bits per heavy atom. The second-order valence-electron chi connectivity index (χ2n) is 3.91. The predicted octanol–water partition coefficient (Wildman–Crippen LogP) is 1.25. The van der Waals surface area contributed by atoms with Crippen LogP contribution in [0.2, 0.25) is 0 Å². The zero-order chi connectivity index (χ0) is 13.9. The number of allylic oxidation sites excluding steroid dienone is 3. The maximum atomic E-state index is 10.1. The lowest BCUT2D eigenvalue weighted by molar-refractivity contribution is -0.104. The van der Waals surface area contributed by atoms with E-state index in [1.165, 1.54) is 6.08 Å². The molecule has 0 aliphatic rings. The lowest BCUT2D eigenvalue weighted by atomic mass is 10.2. The summed E-state index contributed by atoms with van der Waals surface area (Å²) in [5.74, 6) is 0. The van der Waals surface area contributed by atoms with Crippen molar-refractivity contribution < 1.29 is 15.0 Å². The molecular weight excluding hydrogens is 242 g/mol. The molecule has 0 atom stereocenters. The maximum absolute atomic E-state index is 10.1. The molecule has 19 heavy (non-hydrogen) atoms. The lowest BCUT2D eigenvalue weighted by Crippen LogP contribution is -2.29. The molecule has 0 fully saturated rings. The summed E-state index contributed by atoms with van der Waals surface area (Å²) in [6, 6.07) is 7.77. The van der Waals surface area contributed by atoms with Crippen LogP contribution in [0.15, 0.2) is 42.5 Å². The Labute approximate surface area is 113 Å². The second kappa shape index (κ2) is 9.08. The van der Waals surface area contributed by atoms with Crippen molar-refractivity contribution in [2.24, 2.45) is 0 Å². The number of anilines is 1. The summed E-state index contributed by atoms with van der Waals surface area (Å²) in [6.07, 6.45) is 7.52. The van der Waals surface area contributed by atoms with Crippen LogP contribution in [0.25, 0.3) is 6.08 Å². The number of aliphatic hydroxyl groups excluding tert-OH is 2. The third-order valence-corrected chi connectivity index (χ3v) is 2.59. The molecule has 1 aromatic carbocycles. The van der Waals surface area contributed by atoms with Crippen LogP contribution < -0.4 is 4.90 Å². The van der Waals surface area contributed by atoms with Gasteiger partial charge in [0, 0.05) is 18.8 Å². The first-order valence-electron chi connectivity index (χ1n) is 6.17. The van der Waals surface area contributed by atoms with Gasteiger partial charge in [0.15, 0.2) is 0 Å². The van der Waals surface area contributed by atoms with E-state index in [-0.39, 0.29) is 13.2 Å². The van der Waals surface area contributed by atoms with Gasteiger partial charge >= 0.3 is 0 Å². The van der Waals surface area contributed by atoms with Gasteiger partial charge in [0.25, 0.3) is 0 Å². The SMILES string of the molecule is O=C/C=C/C=C/c1ccc(N(CCO)CCO)cc1. The molecule has 1 rings (SSSR count). The zero-order valence-electron chi connectivity index (χ0n) is 10.8. The number of hydrogen-bond donors (Lipinski definition) is 2. The summed E-state index contributed by atoms with van der Waals surface area (Å²) in [4.78, 5) is 12.0. The van der Waals surface area contributed by atoms with E-state index in [0.29, 0.717) is 13.1 Å². The molecule has 0 bridgehead atoms. The fourth-order valence-corrected chi connectivity index (χ4v) is 1.68. The Balaban J connectivity index is 2.70. The smallest absolute Gasteiger partial charge is 0.142 e. The van der Waals surface area contributed by atoms with E-state index in [2.05, 4.69) is 0 Å². The molecule has 0 amide bonds. The molecule has 0 saturated carbocycles. The van der Waals surface area contributed by atoms with Crippen molar-refractivity contribution in [3.63, 3.8) is 0 Å². The minimum atomic E-state index is 0.0537. The monoisotopic (exact) mass is 261 g/mol. The van der Waals surface area contributed by atoms with E-state index in [1.54, 1.807) is 12.2 Å². The van der Waals surface area contributed by atoms with E-state index >= 15 is 0 Å². The van der Waals surface area contributed by atoms with Gasteiger partial charge in [0.2, 0.25) is 0 Å². The number of carbonyl (C=O) groups excluding carboxylic acids is 1. The van der Waals surface area contributed by atoms with Gasteiger partial charge in [-0.1, -0.05) is 30.4 Å². The largest absolute Gasteiger partial charge is 0.395 e. The molecule has 0 aliphatic heterocycles. The standard InChI is InChI=1S/C15H19NO3/c17-11-3-1-2-4-14-5-7-15(8-6-14)16(9-12-18)10-13-19/h1-8,11,18-19H,9-10,12-13H2/b3-1+,4-2+. The van der Waals surface area contributed by atoms with Gasteiger partial charge in [-0.15, -0.1) is 0 Å². The molecule has 0 saturated heterocycles. The molecule has 0 spiro atoms. The Kier molecular flexibility index (Phi) is 7.24. The number of rotatable bonds is 8. The average molecular weight is 261 g/mol. The second-order valence-corrected chi connectivity index (χ2v) is 3.91. The lowest BCUT2D eigenvalue weighted by Gasteiger charge is -2.22. The van der Waals surface area contributed by atoms with Crippen LogP contribution in [-0.4, -0.2) is 42.8 Å². The quantitative estimate of drug-likeness (QED) is 0.420. The van der Waals surface area contributed by atoms with Gasteiger partial charge in [0.1, 0.15) is 6.29 Å². The molecule has 0 aliphatic carbocycles. The van der Waals surface area contributed by atoms with Crippen LogP contribution in [-0.2, 0) is 4.79 Å². The van der Waals surface area contributed by atoms with Crippen molar-refractivity contribution in [3.8, 4) is 0 Å². The minimum Gasteiger partial charge on any atom is -0.395 e. The molecule has 0 radical (unpaired) electrons. The van der Waals surface area contributed by atoms with E-state index in [1.807, 2.05) is 35.2 Å². The van der Waals surface area contributed by atoms with Crippen LogP contribution in [0.5, 0.6) is 0 Å². The van der Waals surface area contributed by atoms with Crippen LogP contribution in [0.4, 0.5) is 5.69 Å². The predicted molar refractivity (Wildman–Crippen MR) is 77.1 cm³/mol. The molecule has 4 nitrogen and oxygen atoms in total. The minimum absolute atomic E-state index is 0.0537. The number of hydrogen-bond acceptors (Lipinski definition) is 4. The first kappa shape index (κ1) is 15.1. The third-order valence-electron chi connectivity index (χ3n) is 2.59. The van der Waals surface area contributed by atoms with Crippen LogP contribution >= 0.6 is 0 Å². The van der Waals surface area contributed by atoms with Crippen LogP contribution in [0.3, 0.4) is 0 Å². The van der Waals surface area contributed by atoms with Crippen molar-refractivity contribution >= 4 is 18.0 Å². The maximum Gasteiger partial charge on any atom is 0.142 e. The summed E-state index contributed by atoms with van der Waals surface area (Å²) in [7, 11) is 0. The van der Waals surface area contributed by atoms with Gasteiger partial charge in [0.05, 0.1) is 13.2 Å². The summed E-state index contributed by atoms with van der Waals surface area (Å²) >= 11 is 0. The topological polar surface area (TPSA) is 60.8 Å². The van der Waals surface area contributed by atoms with Crippen molar-refractivity contribution in [2.45, 2.75) is 0 Å². The highest BCUT2D eigenvalue weighted by Gasteiger charge is 2.04. The summed E-state index contributed by atoms with van der Waals surface area (Å²) in [5, 5.41) is 18.0. The van der Waals surface area contributed by atoms with Crippen molar-refractivity contribution in [2.75, 3.05) is 31.2 Å². The van der Waals surface area contributed by atoms with E-state index in [4.69, 9.17) is 10.2 Å². The van der Waals surface area contributed by atoms with Gasteiger partial charge in [-0.2, -0.15) is 0 Å². The van der Waals surface area contributed by atoms with Crippen LogP contribution in [0, 0.1) is 0 Å². The fraction of sp³-hybridized carbons (Fsp3) is 0.267. The molecule has 2 N–H and O–H groups in total.